The fraction of sp³-hybridized carbons (Fsp3) is 0.457. The lowest BCUT2D eigenvalue weighted by Gasteiger charge is -2.31. The van der Waals surface area contributed by atoms with Crippen molar-refractivity contribution in [2.24, 2.45) is 0 Å². The predicted molar refractivity (Wildman–Crippen MR) is 165 cm³/mol. The van der Waals surface area contributed by atoms with Crippen molar-refractivity contribution in [2.75, 3.05) is 13.2 Å². The molecule has 3 heterocycles. The molecule has 8 nitrogen and oxygen atoms in total. The molecule has 1 amide bonds. The smallest absolute Gasteiger partial charge is 0.407 e. The van der Waals surface area contributed by atoms with Gasteiger partial charge in [0.15, 0.2) is 17.7 Å². The van der Waals surface area contributed by atoms with E-state index in [9.17, 15) is 14.7 Å². The van der Waals surface area contributed by atoms with Crippen molar-refractivity contribution >= 4 is 12.1 Å². The molecule has 9 heteroatoms. The van der Waals surface area contributed by atoms with Crippen molar-refractivity contribution in [1.29, 1.82) is 0 Å². The summed E-state index contributed by atoms with van der Waals surface area (Å²) in [5.41, 5.74) is 6.70. The molecule has 0 fully saturated rings. The van der Waals surface area contributed by atoms with Gasteiger partial charge in [-0.1, -0.05) is 18.2 Å². The Bertz CT molecular complexity index is 1610. The van der Waals surface area contributed by atoms with Crippen LogP contribution in [0.15, 0.2) is 30.3 Å². The van der Waals surface area contributed by atoms with E-state index in [4.69, 9.17) is 19.2 Å². The van der Waals surface area contributed by atoms with Crippen LogP contribution in [0.2, 0.25) is 0 Å². The highest BCUT2D eigenvalue weighted by atomic mass is 19.1. The highest BCUT2D eigenvalue weighted by molar-refractivity contribution is 5.92. The van der Waals surface area contributed by atoms with E-state index >= 15 is 4.39 Å². The lowest BCUT2D eigenvalue weighted by atomic mass is 9.84. The van der Waals surface area contributed by atoms with Gasteiger partial charge in [0.2, 0.25) is 0 Å². The molecule has 1 atom stereocenters. The number of carboxylic acid groups (broad SMARTS) is 1. The normalized spacial score (nSPS) is 15.3. The van der Waals surface area contributed by atoms with E-state index in [0.29, 0.717) is 60.6 Å². The Morgan fingerprint density at radius 1 is 1.00 bits per heavy atom. The van der Waals surface area contributed by atoms with E-state index < -0.39 is 29.6 Å². The third-order valence-electron chi connectivity index (χ3n) is 7.93. The minimum atomic E-state index is -1.13. The van der Waals surface area contributed by atoms with Crippen LogP contribution in [0.25, 0.3) is 22.3 Å². The fourth-order valence-corrected chi connectivity index (χ4v) is 6.16. The van der Waals surface area contributed by atoms with Gasteiger partial charge < -0.3 is 24.2 Å². The van der Waals surface area contributed by atoms with Crippen LogP contribution in [-0.4, -0.2) is 51.9 Å². The quantitative estimate of drug-likeness (QED) is 0.294. The maximum Gasteiger partial charge on any atom is 0.407 e. The number of ether oxygens (including phenoxy) is 3. The summed E-state index contributed by atoms with van der Waals surface area (Å²) in [6.45, 7) is 14.1. The molecule has 0 aliphatic carbocycles. The van der Waals surface area contributed by atoms with Gasteiger partial charge in [0.1, 0.15) is 0 Å². The molecule has 1 aromatic heterocycles. The zero-order valence-corrected chi connectivity index (χ0v) is 26.5. The Morgan fingerprint density at radius 3 is 2.41 bits per heavy atom. The van der Waals surface area contributed by atoms with Crippen molar-refractivity contribution in [3.8, 4) is 28.0 Å². The first-order valence-corrected chi connectivity index (χ1v) is 15.2. The average molecular weight is 605 g/mol. The summed E-state index contributed by atoms with van der Waals surface area (Å²) in [5.74, 6) is -0.737. The van der Waals surface area contributed by atoms with Crippen molar-refractivity contribution in [2.45, 2.75) is 92.1 Å². The molecule has 5 rings (SSSR count). The first kappa shape index (κ1) is 31.4. The van der Waals surface area contributed by atoms with Gasteiger partial charge >= 0.3 is 12.1 Å². The number of rotatable bonds is 6. The third kappa shape index (κ3) is 6.43. The lowest BCUT2D eigenvalue weighted by Crippen LogP contribution is -2.34. The summed E-state index contributed by atoms with van der Waals surface area (Å²) in [5, 5.41) is 9.52. The van der Waals surface area contributed by atoms with Crippen LogP contribution in [0.3, 0.4) is 0 Å². The summed E-state index contributed by atoms with van der Waals surface area (Å²) in [4.78, 5) is 31.7. The molecule has 2 aliphatic rings. The Labute approximate surface area is 258 Å². The van der Waals surface area contributed by atoms with Crippen LogP contribution in [0.5, 0.6) is 5.75 Å². The molecular weight excluding hydrogens is 563 g/mol. The number of halogens is 1. The summed E-state index contributed by atoms with van der Waals surface area (Å²) < 4.78 is 33.5. The molecule has 1 N–H and O–H groups in total. The second kappa shape index (κ2) is 12.2. The Kier molecular flexibility index (Phi) is 8.71. The molecule has 0 saturated carbocycles. The molecule has 0 bridgehead atoms. The number of carbonyl (C=O) groups is 2. The molecular formula is C35H41FN2O6. The zero-order chi connectivity index (χ0) is 31.9. The van der Waals surface area contributed by atoms with Gasteiger partial charge in [-0.3, -0.25) is 4.98 Å². The topological polar surface area (TPSA) is 98.2 Å². The van der Waals surface area contributed by atoms with Crippen molar-refractivity contribution in [1.82, 2.24) is 9.88 Å². The summed E-state index contributed by atoms with van der Waals surface area (Å²) >= 11 is 0. The first-order valence-electron chi connectivity index (χ1n) is 15.2. The minimum absolute atomic E-state index is 0.268. The average Bonchev–Trinajstić information content (AvgIpc) is 2.94. The van der Waals surface area contributed by atoms with Crippen molar-refractivity contribution in [3.05, 3.63) is 69.8 Å². The highest BCUT2D eigenvalue weighted by Gasteiger charge is 2.36. The largest absolute Gasteiger partial charge is 0.490 e. The van der Waals surface area contributed by atoms with E-state index in [-0.39, 0.29) is 11.9 Å². The maximum atomic E-state index is 15.7. The van der Waals surface area contributed by atoms with Crippen molar-refractivity contribution < 1.29 is 33.3 Å². The van der Waals surface area contributed by atoms with Crippen LogP contribution >= 0.6 is 0 Å². The number of hydrogen-bond acceptors (Lipinski definition) is 6. The van der Waals surface area contributed by atoms with Crippen LogP contribution in [-0.2, 0) is 33.7 Å². The number of aryl methyl sites for hydroxylation is 3. The number of esters is 1. The number of nitrogens with zero attached hydrogens (tertiary/aromatic N) is 2. The second-order valence-corrected chi connectivity index (χ2v) is 12.9. The predicted octanol–water partition coefficient (Wildman–Crippen LogP) is 7.34. The first-order chi connectivity index (χ1) is 20.7. The number of hydrogen-bond donors (Lipinski definition) is 1. The number of pyridine rings is 1. The maximum absolute atomic E-state index is 15.7. The van der Waals surface area contributed by atoms with Crippen LogP contribution in [0.1, 0.15) is 80.8 Å². The fourth-order valence-electron chi connectivity index (χ4n) is 6.16. The van der Waals surface area contributed by atoms with Gasteiger partial charge in [-0.25, -0.2) is 14.0 Å². The van der Waals surface area contributed by atoms with Gasteiger partial charge in [-0.2, -0.15) is 0 Å². The van der Waals surface area contributed by atoms with E-state index in [1.165, 1.54) is 11.0 Å². The van der Waals surface area contributed by atoms with Gasteiger partial charge in [0, 0.05) is 35.6 Å². The van der Waals surface area contributed by atoms with Gasteiger partial charge in [-0.15, -0.1) is 0 Å². The lowest BCUT2D eigenvalue weighted by molar-refractivity contribution is -0.171. The molecule has 0 saturated heterocycles. The molecule has 1 unspecified atom stereocenters. The minimum Gasteiger partial charge on any atom is -0.490 e. The molecule has 3 aromatic rings. The molecule has 0 spiro atoms. The number of aromatic nitrogens is 1. The Hall–Kier alpha value is -3.98. The Morgan fingerprint density at radius 2 is 1.73 bits per heavy atom. The van der Waals surface area contributed by atoms with Gasteiger partial charge in [-0.05, 0) is 113 Å². The third-order valence-corrected chi connectivity index (χ3v) is 7.93. The van der Waals surface area contributed by atoms with Gasteiger partial charge in [0.05, 0.1) is 18.3 Å². The molecule has 2 aliphatic heterocycles. The monoisotopic (exact) mass is 604 g/mol. The summed E-state index contributed by atoms with van der Waals surface area (Å²) in [6, 6.07) is 9.37. The summed E-state index contributed by atoms with van der Waals surface area (Å²) in [6.07, 6.45) is -0.433. The van der Waals surface area contributed by atoms with Gasteiger partial charge in [0.25, 0.3) is 0 Å². The van der Waals surface area contributed by atoms with Crippen LogP contribution in [0, 0.1) is 19.7 Å². The molecule has 0 radical (unpaired) electrons. The van der Waals surface area contributed by atoms with Crippen LogP contribution in [0.4, 0.5) is 9.18 Å². The number of benzene rings is 2. The van der Waals surface area contributed by atoms with Crippen molar-refractivity contribution in [3.63, 3.8) is 0 Å². The van der Waals surface area contributed by atoms with E-state index in [1.54, 1.807) is 13.8 Å². The molecule has 44 heavy (non-hydrogen) atoms. The highest BCUT2D eigenvalue weighted by Crippen LogP contribution is 2.45. The number of carbonyl (C=O) groups excluding carboxylic acids is 1. The SMILES string of the molecule is Cc1nc(C)c(C(OC(C)(C)C)C(=O)OC(C)C)c(-c2cc(F)c3c(c2)CCCO3)c1-c1ccc2c(c1)CCN(C(=O)O)C2. The summed E-state index contributed by atoms with van der Waals surface area (Å²) in [7, 11) is 0. The number of fused-ring (bicyclic) bond motifs is 2. The van der Waals surface area contributed by atoms with E-state index in [2.05, 4.69) is 6.07 Å². The second-order valence-electron chi connectivity index (χ2n) is 12.9. The van der Waals surface area contributed by atoms with Crippen LogP contribution < -0.4 is 4.74 Å². The Balaban J connectivity index is 1.80. The van der Waals surface area contributed by atoms with E-state index in [1.807, 2.05) is 52.8 Å². The zero-order valence-electron chi connectivity index (χ0n) is 26.5. The molecule has 234 valence electrons. The number of amides is 1. The molecule has 2 aromatic carbocycles. The standard InChI is InChI=1S/C35H41FN2O6/c1-19(2)43-33(39)32(44-35(5,6)7)29-21(4)37-20(3)28(23-10-11-25-18-38(34(40)41)13-12-22(25)15-23)30(29)26-16-24-9-8-14-42-31(24)27(36)17-26/h10-11,15-17,19,32H,8-9,12-14,18H2,1-7H3,(H,40,41). The van der Waals surface area contributed by atoms with E-state index in [0.717, 1.165) is 34.2 Å².